The van der Waals surface area contributed by atoms with Crippen molar-refractivity contribution in [2.45, 2.75) is 6.54 Å². The van der Waals surface area contributed by atoms with Crippen molar-refractivity contribution in [3.63, 3.8) is 0 Å². The lowest BCUT2D eigenvalue weighted by Gasteiger charge is -2.06. The summed E-state index contributed by atoms with van der Waals surface area (Å²) in [6, 6.07) is 18.3. The Bertz CT molecular complexity index is 732. The molecule has 2 aromatic carbocycles. The second-order valence-electron chi connectivity index (χ2n) is 4.46. The van der Waals surface area contributed by atoms with Crippen LogP contribution in [0.15, 0.2) is 65.0 Å². The summed E-state index contributed by atoms with van der Waals surface area (Å²) in [5, 5.41) is 6.47. The minimum Gasteiger partial charge on any atom is -0.370 e. The van der Waals surface area contributed by atoms with Crippen molar-refractivity contribution in [1.82, 2.24) is 0 Å². The van der Waals surface area contributed by atoms with Crippen LogP contribution in [0.1, 0.15) is 5.56 Å². The van der Waals surface area contributed by atoms with Gasteiger partial charge in [-0.1, -0.05) is 42.5 Å². The summed E-state index contributed by atoms with van der Waals surface area (Å²) in [5.41, 5.74) is 8.11. The quantitative estimate of drug-likeness (QED) is 0.566. The predicted molar refractivity (Wildman–Crippen MR) is 87.2 cm³/mol. The number of benzene rings is 2. The molecule has 0 radical (unpaired) electrons. The number of aliphatic imine (C=N–C) groups is 1. The third-order valence-corrected chi connectivity index (χ3v) is 3.98. The van der Waals surface area contributed by atoms with Crippen molar-refractivity contribution in [1.29, 1.82) is 0 Å². The van der Waals surface area contributed by atoms with Gasteiger partial charge in [-0.2, -0.15) is 0 Å². The van der Waals surface area contributed by atoms with Crippen LogP contribution in [0.25, 0.3) is 10.1 Å². The summed E-state index contributed by atoms with van der Waals surface area (Å²) < 4.78 is 1.20. The van der Waals surface area contributed by atoms with Crippen LogP contribution >= 0.6 is 11.3 Å². The molecule has 3 rings (SSSR count). The van der Waals surface area contributed by atoms with Crippen molar-refractivity contribution >= 4 is 33.1 Å². The van der Waals surface area contributed by atoms with E-state index in [9.17, 15) is 0 Å². The highest BCUT2D eigenvalue weighted by molar-refractivity contribution is 7.17. The minimum atomic E-state index is 0.440. The number of thiophene rings is 1. The molecule has 4 heteroatoms. The summed E-state index contributed by atoms with van der Waals surface area (Å²) in [5.74, 6) is 0.440. The van der Waals surface area contributed by atoms with Gasteiger partial charge in [0, 0.05) is 0 Å². The molecule has 0 aliphatic rings. The highest BCUT2D eigenvalue weighted by Crippen LogP contribution is 2.28. The third kappa shape index (κ3) is 2.81. The number of fused-ring (bicyclic) bond motifs is 1. The zero-order valence-electron chi connectivity index (χ0n) is 10.9. The van der Waals surface area contributed by atoms with Crippen molar-refractivity contribution < 1.29 is 0 Å². The van der Waals surface area contributed by atoms with E-state index in [4.69, 9.17) is 5.73 Å². The van der Waals surface area contributed by atoms with Gasteiger partial charge in [0.25, 0.3) is 0 Å². The number of hydrogen-bond donors (Lipinski definition) is 2. The Balaban J connectivity index is 1.75. The molecule has 3 aromatic rings. The first-order valence-electron chi connectivity index (χ1n) is 6.40. The summed E-state index contributed by atoms with van der Waals surface area (Å²) in [6.45, 7) is 0.583. The Morgan fingerprint density at radius 3 is 2.75 bits per heavy atom. The van der Waals surface area contributed by atoms with Crippen molar-refractivity contribution in [3.8, 4) is 0 Å². The summed E-state index contributed by atoms with van der Waals surface area (Å²) >= 11 is 1.70. The lowest BCUT2D eigenvalue weighted by atomic mass is 10.2. The molecule has 100 valence electrons. The SMILES string of the molecule is NC(=NCc1ccccc1)Nc1cccc2ccsc12. The molecule has 1 heterocycles. The molecule has 0 saturated carbocycles. The summed E-state index contributed by atoms with van der Waals surface area (Å²) in [4.78, 5) is 4.37. The maximum Gasteiger partial charge on any atom is 0.193 e. The van der Waals surface area contributed by atoms with E-state index in [2.05, 4.69) is 27.8 Å². The maximum absolute atomic E-state index is 5.96. The molecule has 0 aliphatic carbocycles. The predicted octanol–water partition coefficient (Wildman–Crippen LogP) is 3.83. The lowest BCUT2D eigenvalue weighted by molar-refractivity contribution is 1.06. The Morgan fingerprint density at radius 1 is 1.05 bits per heavy atom. The molecule has 1 aromatic heterocycles. The molecule has 0 amide bonds. The number of nitrogens with one attached hydrogen (secondary N) is 1. The molecule has 0 saturated heterocycles. The van der Waals surface area contributed by atoms with E-state index in [-0.39, 0.29) is 0 Å². The maximum atomic E-state index is 5.96. The number of nitrogens with two attached hydrogens (primary N) is 1. The fraction of sp³-hybridized carbons (Fsp3) is 0.0625. The first-order valence-corrected chi connectivity index (χ1v) is 7.28. The number of rotatable bonds is 3. The van der Waals surface area contributed by atoms with Gasteiger partial charge in [-0.05, 0) is 28.5 Å². The van der Waals surface area contributed by atoms with Gasteiger partial charge in [-0.25, -0.2) is 4.99 Å². The number of hydrogen-bond acceptors (Lipinski definition) is 2. The van der Waals surface area contributed by atoms with Gasteiger partial charge in [0.05, 0.1) is 16.9 Å². The first kappa shape index (κ1) is 12.7. The molecule has 0 aliphatic heterocycles. The van der Waals surface area contributed by atoms with Gasteiger partial charge >= 0.3 is 0 Å². The number of nitrogens with zero attached hydrogens (tertiary/aromatic N) is 1. The summed E-state index contributed by atoms with van der Waals surface area (Å²) in [7, 11) is 0. The fourth-order valence-corrected chi connectivity index (χ4v) is 2.90. The van der Waals surface area contributed by atoms with Gasteiger partial charge in [0.1, 0.15) is 0 Å². The van der Waals surface area contributed by atoms with E-state index in [1.54, 1.807) is 11.3 Å². The standard InChI is InChI=1S/C16H15N3S/c17-16(18-11-12-5-2-1-3-6-12)19-14-8-4-7-13-9-10-20-15(13)14/h1-10H,11H2,(H3,17,18,19). The average Bonchev–Trinajstić information content (AvgIpc) is 2.96. The van der Waals surface area contributed by atoms with Crippen molar-refractivity contribution in [3.05, 3.63) is 65.5 Å². The number of anilines is 1. The van der Waals surface area contributed by atoms with Gasteiger partial charge in [0.2, 0.25) is 0 Å². The first-order chi connectivity index (χ1) is 9.83. The molecule has 20 heavy (non-hydrogen) atoms. The molecule has 3 N–H and O–H groups in total. The molecule has 0 unspecified atom stereocenters. The Kier molecular flexibility index (Phi) is 3.65. The Hall–Kier alpha value is -2.33. The van der Waals surface area contributed by atoms with Crippen LogP contribution in [-0.4, -0.2) is 5.96 Å². The molecule has 0 fully saturated rings. The van der Waals surface area contributed by atoms with Gasteiger partial charge < -0.3 is 11.1 Å². The van der Waals surface area contributed by atoms with Crippen LogP contribution in [0.3, 0.4) is 0 Å². The van der Waals surface area contributed by atoms with Gasteiger partial charge in [-0.15, -0.1) is 11.3 Å². The highest BCUT2D eigenvalue weighted by Gasteiger charge is 2.02. The molecular formula is C16H15N3S. The Morgan fingerprint density at radius 2 is 1.90 bits per heavy atom. The van der Waals surface area contributed by atoms with E-state index < -0.39 is 0 Å². The van der Waals surface area contributed by atoms with Crippen LogP contribution in [-0.2, 0) is 6.54 Å². The molecular weight excluding hydrogens is 266 g/mol. The lowest BCUT2D eigenvalue weighted by Crippen LogP contribution is -2.22. The molecule has 0 atom stereocenters. The van der Waals surface area contributed by atoms with Crippen molar-refractivity contribution in [2.24, 2.45) is 10.7 Å². The van der Waals surface area contributed by atoms with Crippen LogP contribution < -0.4 is 11.1 Å². The van der Waals surface area contributed by atoms with E-state index in [1.807, 2.05) is 42.5 Å². The Labute approximate surface area is 121 Å². The minimum absolute atomic E-state index is 0.440. The van der Waals surface area contributed by atoms with Crippen LogP contribution in [0.4, 0.5) is 5.69 Å². The fourth-order valence-electron chi connectivity index (χ4n) is 2.03. The normalized spacial score (nSPS) is 11.7. The molecule has 3 nitrogen and oxygen atoms in total. The zero-order valence-corrected chi connectivity index (χ0v) is 11.7. The highest BCUT2D eigenvalue weighted by atomic mass is 32.1. The smallest absolute Gasteiger partial charge is 0.193 e. The van der Waals surface area contributed by atoms with E-state index >= 15 is 0 Å². The molecule has 0 spiro atoms. The van der Waals surface area contributed by atoms with Gasteiger partial charge in [-0.3, -0.25) is 0 Å². The molecule has 0 bridgehead atoms. The van der Waals surface area contributed by atoms with Crippen LogP contribution in [0.5, 0.6) is 0 Å². The second kappa shape index (κ2) is 5.75. The van der Waals surface area contributed by atoms with Crippen LogP contribution in [0.2, 0.25) is 0 Å². The van der Waals surface area contributed by atoms with Crippen molar-refractivity contribution in [2.75, 3.05) is 5.32 Å². The van der Waals surface area contributed by atoms with E-state index in [0.717, 1.165) is 11.3 Å². The second-order valence-corrected chi connectivity index (χ2v) is 5.37. The third-order valence-electron chi connectivity index (χ3n) is 3.02. The van der Waals surface area contributed by atoms with Crippen LogP contribution in [0, 0.1) is 0 Å². The van der Waals surface area contributed by atoms with E-state index in [0.29, 0.717) is 12.5 Å². The summed E-state index contributed by atoms with van der Waals surface area (Å²) in [6.07, 6.45) is 0. The van der Waals surface area contributed by atoms with E-state index in [1.165, 1.54) is 10.1 Å². The largest absolute Gasteiger partial charge is 0.370 e. The monoisotopic (exact) mass is 281 g/mol. The topological polar surface area (TPSA) is 50.4 Å². The number of guanidine groups is 1. The average molecular weight is 281 g/mol. The zero-order chi connectivity index (χ0) is 13.8. The van der Waals surface area contributed by atoms with Gasteiger partial charge in [0.15, 0.2) is 5.96 Å².